The summed E-state index contributed by atoms with van der Waals surface area (Å²) in [4.78, 5) is 18.5. The van der Waals surface area contributed by atoms with Crippen LogP contribution < -0.4 is 10.9 Å². The summed E-state index contributed by atoms with van der Waals surface area (Å²) < 4.78 is 13.6. The van der Waals surface area contributed by atoms with E-state index in [4.69, 9.17) is 0 Å². The summed E-state index contributed by atoms with van der Waals surface area (Å²) in [6, 6.07) is 5.66. The second-order valence-electron chi connectivity index (χ2n) is 3.74. The molecule has 4 nitrogen and oxygen atoms in total. The molecule has 0 saturated carbocycles. The number of rotatable bonds is 3. The molecule has 0 amide bonds. The SMILES string of the molecule is CNCc1cc(=O)[nH]c(-c2ccc(F)cc2Br)n1. The van der Waals surface area contributed by atoms with Crippen LogP contribution in [0.5, 0.6) is 0 Å². The Morgan fingerprint density at radius 3 is 2.89 bits per heavy atom. The van der Waals surface area contributed by atoms with Crippen molar-refractivity contribution in [3.63, 3.8) is 0 Å². The molecule has 0 fully saturated rings. The molecule has 1 aromatic carbocycles. The first kappa shape index (κ1) is 12.9. The van der Waals surface area contributed by atoms with Gasteiger partial charge in [0.05, 0.1) is 5.69 Å². The van der Waals surface area contributed by atoms with Crippen LogP contribution in [-0.4, -0.2) is 17.0 Å². The van der Waals surface area contributed by atoms with Gasteiger partial charge >= 0.3 is 0 Å². The van der Waals surface area contributed by atoms with E-state index >= 15 is 0 Å². The summed E-state index contributed by atoms with van der Waals surface area (Å²) in [5.74, 6) is 0.0685. The Hall–Kier alpha value is -1.53. The van der Waals surface area contributed by atoms with Gasteiger partial charge in [-0.3, -0.25) is 4.79 Å². The predicted molar refractivity (Wildman–Crippen MR) is 70.7 cm³/mol. The lowest BCUT2D eigenvalue weighted by Gasteiger charge is -2.06. The molecule has 2 rings (SSSR count). The van der Waals surface area contributed by atoms with E-state index in [1.54, 1.807) is 13.1 Å². The zero-order chi connectivity index (χ0) is 13.1. The summed E-state index contributed by atoms with van der Waals surface area (Å²) in [6.07, 6.45) is 0. The van der Waals surface area contributed by atoms with E-state index in [1.807, 2.05) is 0 Å². The molecular formula is C12H11BrFN3O. The maximum atomic E-state index is 13.0. The van der Waals surface area contributed by atoms with Crippen LogP contribution in [0.3, 0.4) is 0 Å². The fourth-order valence-electron chi connectivity index (χ4n) is 1.59. The first-order chi connectivity index (χ1) is 8.60. The molecule has 0 aliphatic heterocycles. The molecule has 0 spiro atoms. The molecule has 0 aliphatic rings. The van der Waals surface area contributed by atoms with Gasteiger partial charge in [-0.15, -0.1) is 0 Å². The number of nitrogens with one attached hydrogen (secondary N) is 2. The Bertz CT molecular complexity index is 627. The second kappa shape index (κ2) is 5.41. The highest BCUT2D eigenvalue weighted by atomic mass is 79.9. The molecule has 1 aromatic heterocycles. The van der Waals surface area contributed by atoms with Crippen LogP contribution in [0, 0.1) is 5.82 Å². The number of aromatic nitrogens is 2. The summed E-state index contributed by atoms with van der Waals surface area (Å²) in [5, 5.41) is 2.93. The lowest BCUT2D eigenvalue weighted by molar-refractivity contribution is 0.627. The zero-order valence-corrected chi connectivity index (χ0v) is 11.2. The molecule has 0 aliphatic carbocycles. The third-order valence-corrected chi connectivity index (χ3v) is 2.99. The van der Waals surface area contributed by atoms with Crippen molar-refractivity contribution < 1.29 is 4.39 Å². The van der Waals surface area contributed by atoms with Gasteiger partial charge in [-0.25, -0.2) is 9.37 Å². The quantitative estimate of drug-likeness (QED) is 0.912. The third kappa shape index (κ3) is 2.83. The topological polar surface area (TPSA) is 57.8 Å². The summed E-state index contributed by atoms with van der Waals surface area (Å²) in [5.41, 5.74) is 1.04. The smallest absolute Gasteiger partial charge is 0.251 e. The van der Waals surface area contributed by atoms with E-state index in [0.29, 0.717) is 28.1 Å². The highest BCUT2D eigenvalue weighted by Gasteiger charge is 2.08. The number of H-pyrrole nitrogens is 1. The third-order valence-electron chi connectivity index (χ3n) is 2.34. The Morgan fingerprint density at radius 2 is 2.22 bits per heavy atom. The van der Waals surface area contributed by atoms with Crippen LogP contribution >= 0.6 is 15.9 Å². The maximum Gasteiger partial charge on any atom is 0.251 e. The van der Waals surface area contributed by atoms with Crippen LogP contribution in [0.4, 0.5) is 4.39 Å². The van der Waals surface area contributed by atoms with Crippen molar-refractivity contribution >= 4 is 15.9 Å². The number of nitrogens with zero attached hydrogens (tertiary/aromatic N) is 1. The molecule has 2 aromatic rings. The van der Waals surface area contributed by atoms with Crippen LogP contribution in [0.1, 0.15) is 5.69 Å². The van der Waals surface area contributed by atoms with Crippen molar-refractivity contribution in [2.24, 2.45) is 0 Å². The van der Waals surface area contributed by atoms with Gasteiger partial charge in [0.25, 0.3) is 5.56 Å². The van der Waals surface area contributed by atoms with Crippen molar-refractivity contribution in [1.82, 2.24) is 15.3 Å². The molecule has 0 atom stereocenters. The van der Waals surface area contributed by atoms with Gasteiger partial charge in [0.15, 0.2) is 0 Å². The van der Waals surface area contributed by atoms with Gasteiger partial charge in [-0.1, -0.05) is 0 Å². The lowest BCUT2D eigenvalue weighted by atomic mass is 10.2. The van der Waals surface area contributed by atoms with Crippen molar-refractivity contribution in [2.75, 3.05) is 7.05 Å². The highest BCUT2D eigenvalue weighted by Crippen LogP contribution is 2.25. The molecule has 6 heteroatoms. The second-order valence-corrected chi connectivity index (χ2v) is 4.59. The van der Waals surface area contributed by atoms with Crippen LogP contribution in [0.2, 0.25) is 0 Å². The zero-order valence-electron chi connectivity index (χ0n) is 9.63. The van der Waals surface area contributed by atoms with Crippen molar-refractivity contribution in [3.8, 4) is 11.4 Å². The van der Waals surface area contributed by atoms with Crippen molar-refractivity contribution in [1.29, 1.82) is 0 Å². The molecule has 0 radical (unpaired) electrons. The minimum Gasteiger partial charge on any atom is -0.314 e. The van der Waals surface area contributed by atoms with E-state index in [0.717, 1.165) is 0 Å². The van der Waals surface area contributed by atoms with E-state index in [2.05, 4.69) is 31.2 Å². The fraction of sp³-hybridized carbons (Fsp3) is 0.167. The fourth-order valence-corrected chi connectivity index (χ4v) is 2.13. The minimum atomic E-state index is -0.348. The molecule has 1 heterocycles. The molecule has 0 saturated heterocycles. The van der Waals surface area contributed by atoms with Crippen LogP contribution in [0.15, 0.2) is 33.5 Å². The summed E-state index contributed by atoms with van der Waals surface area (Å²) >= 11 is 3.25. The highest BCUT2D eigenvalue weighted by molar-refractivity contribution is 9.10. The molecule has 0 unspecified atom stereocenters. The van der Waals surface area contributed by atoms with Gasteiger partial charge in [0, 0.05) is 22.6 Å². The number of hydrogen-bond acceptors (Lipinski definition) is 3. The molecule has 94 valence electrons. The number of hydrogen-bond donors (Lipinski definition) is 2. The van der Waals surface area contributed by atoms with E-state index in [9.17, 15) is 9.18 Å². The standard InChI is InChI=1S/C12H11BrFN3O/c1-15-6-8-5-11(18)17-12(16-8)9-3-2-7(14)4-10(9)13/h2-5,15H,6H2,1H3,(H,16,17,18). The first-order valence-electron chi connectivity index (χ1n) is 5.30. The Balaban J connectivity index is 2.53. The normalized spacial score (nSPS) is 10.6. The van der Waals surface area contributed by atoms with Gasteiger partial charge in [-0.05, 0) is 41.2 Å². The average molecular weight is 312 g/mol. The van der Waals surface area contributed by atoms with Gasteiger partial charge < -0.3 is 10.3 Å². The Morgan fingerprint density at radius 1 is 1.44 bits per heavy atom. The first-order valence-corrected chi connectivity index (χ1v) is 6.09. The summed E-state index contributed by atoms with van der Waals surface area (Å²) in [7, 11) is 1.77. The van der Waals surface area contributed by atoms with Crippen LogP contribution in [0.25, 0.3) is 11.4 Å². The minimum absolute atomic E-state index is 0.235. The summed E-state index contributed by atoms with van der Waals surface area (Å²) in [6.45, 7) is 0.496. The monoisotopic (exact) mass is 311 g/mol. The molecule has 0 bridgehead atoms. The largest absolute Gasteiger partial charge is 0.314 e. The van der Waals surface area contributed by atoms with Gasteiger partial charge in [-0.2, -0.15) is 0 Å². The number of aromatic amines is 1. The van der Waals surface area contributed by atoms with Crippen molar-refractivity contribution in [2.45, 2.75) is 6.54 Å². The maximum absolute atomic E-state index is 13.0. The average Bonchev–Trinajstić information content (AvgIpc) is 2.28. The Kier molecular flexibility index (Phi) is 3.88. The number of halogens is 2. The number of benzene rings is 1. The van der Waals surface area contributed by atoms with E-state index < -0.39 is 0 Å². The van der Waals surface area contributed by atoms with Gasteiger partial charge in [0.1, 0.15) is 11.6 Å². The van der Waals surface area contributed by atoms with Crippen LogP contribution in [-0.2, 0) is 6.54 Å². The Labute approximate surface area is 111 Å². The molecule has 2 N–H and O–H groups in total. The van der Waals surface area contributed by atoms with E-state index in [1.165, 1.54) is 18.2 Å². The van der Waals surface area contributed by atoms with Gasteiger partial charge in [0.2, 0.25) is 0 Å². The molecular weight excluding hydrogens is 301 g/mol. The molecule has 18 heavy (non-hydrogen) atoms. The lowest BCUT2D eigenvalue weighted by Crippen LogP contribution is -2.15. The van der Waals surface area contributed by atoms with E-state index in [-0.39, 0.29) is 11.4 Å². The predicted octanol–water partition coefficient (Wildman–Crippen LogP) is 2.06. The van der Waals surface area contributed by atoms with Crippen molar-refractivity contribution in [3.05, 3.63) is 50.6 Å².